The number of carbonyl (C=O) groups is 1. The minimum Gasteiger partial charge on any atom is -0.330 e. The lowest BCUT2D eigenvalue weighted by Gasteiger charge is -2.15. The molecule has 0 saturated carbocycles. The van der Waals surface area contributed by atoms with Gasteiger partial charge in [0.2, 0.25) is 0 Å². The molecule has 0 aliphatic carbocycles. The quantitative estimate of drug-likeness (QED) is 0.784. The molecule has 0 radical (unpaired) electrons. The largest absolute Gasteiger partial charge is 0.330 e. The summed E-state index contributed by atoms with van der Waals surface area (Å²) >= 11 is 3.43. The molecule has 4 heteroatoms. The topological polar surface area (TPSA) is 20.3 Å². The van der Waals surface area contributed by atoms with E-state index in [1.807, 2.05) is 18.2 Å². The van der Waals surface area contributed by atoms with Crippen molar-refractivity contribution in [2.45, 2.75) is 13.1 Å². The van der Waals surface area contributed by atoms with Crippen molar-refractivity contribution < 1.29 is 9.18 Å². The Morgan fingerprint density at radius 2 is 1.74 bits per heavy atom. The molecule has 0 fully saturated rings. The van der Waals surface area contributed by atoms with Gasteiger partial charge in [0.05, 0.1) is 0 Å². The van der Waals surface area contributed by atoms with Crippen LogP contribution in [0, 0.1) is 5.82 Å². The van der Waals surface area contributed by atoms with Gasteiger partial charge in [-0.25, -0.2) is 4.39 Å². The van der Waals surface area contributed by atoms with Crippen LogP contribution in [0.5, 0.6) is 0 Å². The molecule has 1 amide bonds. The van der Waals surface area contributed by atoms with Crippen molar-refractivity contribution in [2.24, 2.45) is 0 Å². The Morgan fingerprint density at radius 1 is 1.05 bits per heavy atom. The summed E-state index contributed by atoms with van der Waals surface area (Å²) in [6.45, 7) is 1.21. The van der Waals surface area contributed by atoms with Gasteiger partial charge in [0.25, 0.3) is 5.91 Å². The Bertz CT molecular complexity index is 639. The van der Waals surface area contributed by atoms with Crippen molar-refractivity contribution in [1.82, 2.24) is 4.90 Å². The first-order chi connectivity index (χ1) is 9.13. The van der Waals surface area contributed by atoms with Gasteiger partial charge in [0.1, 0.15) is 5.82 Å². The third-order valence-electron chi connectivity index (χ3n) is 3.27. The molecule has 1 heterocycles. The van der Waals surface area contributed by atoms with Crippen LogP contribution in [0.2, 0.25) is 0 Å². The number of benzene rings is 2. The summed E-state index contributed by atoms with van der Waals surface area (Å²) in [5, 5.41) is 0. The van der Waals surface area contributed by atoms with Crippen LogP contribution in [0.15, 0.2) is 46.9 Å². The highest BCUT2D eigenvalue weighted by molar-refractivity contribution is 9.10. The molecule has 0 bridgehead atoms. The molecular formula is C15H11BrFNO. The van der Waals surface area contributed by atoms with Crippen LogP contribution >= 0.6 is 15.9 Å². The number of nitrogens with zero attached hydrogens (tertiary/aromatic N) is 1. The third-order valence-corrected chi connectivity index (χ3v) is 3.76. The molecule has 0 atom stereocenters. The molecule has 96 valence electrons. The zero-order chi connectivity index (χ0) is 13.4. The number of hydrogen-bond acceptors (Lipinski definition) is 1. The molecule has 2 aromatic rings. The summed E-state index contributed by atoms with van der Waals surface area (Å²) in [6.07, 6.45) is 0. The standard InChI is InChI=1S/C15H11BrFNO/c16-13-4-1-11-8-18(9-12(11)7-13)15(19)10-2-5-14(17)6-3-10/h1-7H,8-9H2. The van der Waals surface area contributed by atoms with E-state index >= 15 is 0 Å². The van der Waals surface area contributed by atoms with E-state index in [-0.39, 0.29) is 11.7 Å². The van der Waals surface area contributed by atoms with Gasteiger partial charge in [-0.05, 0) is 47.5 Å². The number of carbonyl (C=O) groups excluding carboxylic acids is 1. The van der Waals surface area contributed by atoms with E-state index in [1.165, 1.54) is 29.8 Å². The first kappa shape index (κ1) is 12.4. The second-order valence-corrected chi connectivity index (χ2v) is 5.50. The Labute approximate surface area is 119 Å². The SMILES string of the molecule is O=C(c1ccc(F)cc1)N1Cc2ccc(Br)cc2C1. The van der Waals surface area contributed by atoms with Gasteiger partial charge in [0, 0.05) is 23.1 Å². The minimum absolute atomic E-state index is 0.0627. The highest BCUT2D eigenvalue weighted by Crippen LogP contribution is 2.27. The van der Waals surface area contributed by atoms with E-state index in [0.717, 1.165) is 10.0 Å². The van der Waals surface area contributed by atoms with Gasteiger partial charge in [-0.2, -0.15) is 0 Å². The molecule has 2 aromatic carbocycles. The molecule has 0 spiro atoms. The molecule has 19 heavy (non-hydrogen) atoms. The maximum atomic E-state index is 12.9. The lowest BCUT2D eigenvalue weighted by atomic mass is 10.1. The van der Waals surface area contributed by atoms with Crippen LogP contribution in [0.25, 0.3) is 0 Å². The fourth-order valence-corrected chi connectivity index (χ4v) is 2.69. The van der Waals surface area contributed by atoms with Crippen LogP contribution in [0.3, 0.4) is 0 Å². The summed E-state index contributed by atoms with van der Waals surface area (Å²) in [6, 6.07) is 11.7. The molecule has 0 saturated heterocycles. The first-order valence-electron chi connectivity index (χ1n) is 5.95. The maximum absolute atomic E-state index is 12.9. The smallest absolute Gasteiger partial charge is 0.254 e. The maximum Gasteiger partial charge on any atom is 0.254 e. The number of halogens is 2. The Morgan fingerprint density at radius 3 is 2.47 bits per heavy atom. The second kappa shape index (κ2) is 4.78. The minimum atomic E-state index is -0.329. The molecule has 0 aromatic heterocycles. The number of rotatable bonds is 1. The van der Waals surface area contributed by atoms with Crippen molar-refractivity contribution in [1.29, 1.82) is 0 Å². The normalized spacial score (nSPS) is 13.5. The van der Waals surface area contributed by atoms with E-state index in [0.29, 0.717) is 18.7 Å². The van der Waals surface area contributed by atoms with Crippen molar-refractivity contribution in [3.05, 3.63) is 69.4 Å². The van der Waals surface area contributed by atoms with E-state index in [9.17, 15) is 9.18 Å². The van der Waals surface area contributed by atoms with Gasteiger partial charge in [-0.1, -0.05) is 22.0 Å². The van der Waals surface area contributed by atoms with Gasteiger partial charge in [-0.3, -0.25) is 4.79 Å². The molecule has 2 nitrogen and oxygen atoms in total. The molecule has 0 unspecified atom stereocenters. The van der Waals surface area contributed by atoms with Crippen LogP contribution < -0.4 is 0 Å². The van der Waals surface area contributed by atoms with Gasteiger partial charge in [-0.15, -0.1) is 0 Å². The lowest BCUT2D eigenvalue weighted by molar-refractivity contribution is 0.0751. The van der Waals surface area contributed by atoms with E-state index in [2.05, 4.69) is 15.9 Å². The number of amides is 1. The Kier molecular flexibility index (Phi) is 3.11. The summed E-state index contributed by atoms with van der Waals surface area (Å²) in [5.41, 5.74) is 2.84. The van der Waals surface area contributed by atoms with Crippen LogP contribution in [-0.2, 0) is 13.1 Å². The predicted molar refractivity (Wildman–Crippen MR) is 74.1 cm³/mol. The fourth-order valence-electron chi connectivity index (χ4n) is 2.28. The third kappa shape index (κ3) is 2.40. The van der Waals surface area contributed by atoms with Crippen molar-refractivity contribution in [3.8, 4) is 0 Å². The zero-order valence-corrected chi connectivity index (χ0v) is 11.7. The average Bonchev–Trinajstić information content (AvgIpc) is 2.81. The van der Waals surface area contributed by atoms with Crippen molar-refractivity contribution in [3.63, 3.8) is 0 Å². The summed E-state index contributed by atoms with van der Waals surface area (Å²) < 4.78 is 13.9. The second-order valence-electron chi connectivity index (χ2n) is 4.58. The molecule has 1 aliphatic heterocycles. The Balaban J connectivity index is 1.82. The molecule has 3 rings (SSSR count). The van der Waals surface area contributed by atoms with Crippen LogP contribution in [0.4, 0.5) is 4.39 Å². The number of fused-ring (bicyclic) bond motifs is 1. The molecule has 0 N–H and O–H groups in total. The average molecular weight is 320 g/mol. The predicted octanol–water partition coefficient (Wildman–Crippen LogP) is 3.74. The molecule has 1 aliphatic rings. The van der Waals surface area contributed by atoms with Gasteiger partial charge >= 0.3 is 0 Å². The van der Waals surface area contributed by atoms with Crippen LogP contribution in [-0.4, -0.2) is 10.8 Å². The molecular weight excluding hydrogens is 309 g/mol. The first-order valence-corrected chi connectivity index (χ1v) is 6.75. The monoisotopic (exact) mass is 319 g/mol. The summed E-state index contributed by atoms with van der Waals surface area (Å²) in [4.78, 5) is 14.1. The zero-order valence-electron chi connectivity index (χ0n) is 10.1. The Hall–Kier alpha value is -1.68. The summed E-state index contributed by atoms with van der Waals surface area (Å²) in [7, 11) is 0. The highest BCUT2D eigenvalue weighted by Gasteiger charge is 2.24. The number of hydrogen-bond donors (Lipinski definition) is 0. The van der Waals surface area contributed by atoms with Crippen molar-refractivity contribution in [2.75, 3.05) is 0 Å². The lowest BCUT2D eigenvalue weighted by Crippen LogP contribution is -2.25. The van der Waals surface area contributed by atoms with E-state index in [1.54, 1.807) is 4.90 Å². The fraction of sp³-hybridized carbons (Fsp3) is 0.133. The summed E-state index contributed by atoms with van der Waals surface area (Å²) in [5.74, 6) is -0.391. The van der Waals surface area contributed by atoms with Gasteiger partial charge in [0.15, 0.2) is 0 Å². The van der Waals surface area contributed by atoms with Gasteiger partial charge < -0.3 is 4.90 Å². The van der Waals surface area contributed by atoms with Crippen molar-refractivity contribution >= 4 is 21.8 Å². The van der Waals surface area contributed by atoms with Crippen LogP contribution in [0.1, 0.15) is 21.5 Å². The van der Waals surface area contributed by atoms with E-state index < -0.39 is 0 Å². The van der Waals surface area contributed by atoms with E-state index in [4.69, 9.17) is 0 Å². The highest BCUT2D eigenvalue weighted by atomic mass is 79.9.